The monoisotopic (exact) mass is 408 g/mol. The van der Waals surface area contributed by atoms with Crippen LogP contribution in [0.25, 0.3) is 10.9 Å². The normalized spacial score (nSPS) is 15.4. The zero-order chi connectivity index (χ0) is 21.6. The Morgan fingerprint density at radius 3 is 2.70 bits per heavy atom. The largest absolute Gasteiger partial charge is 0.347 e. The number of nitriles is 1. The van der Waals surface area contributed by atoms with E-state index >= 15 is 0 Å². The molecule has 1 fully saturated rings. The predicted octanol–water partition coefficient (Wildman–Crippen LogP) is 3.29. The van der Waals surface area contributed by atoms with Crippen LogP contribution < -0.4 is 10.9 Å². The van der Waals surface area contributed by atoms with E-state index in [0.29, 0.717) is 34.9 Å². The second kappa shape index (κ2) is 7.02. The first kappa shape index (κ1) is 19.7. The van der Waals surface area contributed by atoms with Crippen molar-refractivity contribution in [2.24, 2.45) is 0 Å². The average molecular weight is 408 g/mol. The number of hydrogen-bond acceptors (Lipinski definition) is 4. The van der Waals surface area contributed by atoms with Gasteiger partial charge in [0.15, 0.2) is 0 Å². The Labute approximate surface area is 170 Å². The molecular weight excluding hydrogens is 390 g/mol. The number of carbonyl (C=O) groups excluding carboxylic acids is 1. The second-order valence-corrected chi connectivity index (χ2v) is 7.62. The van der Waals surface area contributed by atoms with Crippen LogP contribution in [-0.4, -0.2) is 15.9 Å². The highest BCUT2D eigenvalue weighted by Crippen LogP contribution is 2.49. The van der Waals surface area contributed by atoms with Crippen LogP contribution in [-0.2, 0) is 10.2 Å². The van der Waals surface area contributed by atoms with E-state index in [0.717, 1.165) is 6.07 Å². The van der Waals surface area contributed by atoms with Crippen molar-refractivity contribution in [2.45, 2.75) is 38.1 Å². The van der Waals surface area contributed by atoms with Gasteiger partial charge in [-0.25, -0.2) is 8.78 Å². The van der Waals surface area contributed by atoms with Gasteiger partial charge in [-0.05, 0) is 56.5 Å². The van der Waals surface area contributed by atoms with Crippen LogP contribution in [0.1, 0.15) is 48.2 Å². The molecule has 1 amide bonds. The summed E-state index contributed by atoms with van der Waals surface area (Å²) in [7, 11) is 0. The van der Waals surface area contributed by atoms with E-state index in [9.17, 15) is 18.4 Å². The van der Waals surface area contributed by atoms with E-state index in [1.807, 2.05) is 0 Å². The summed E-state index contributed by atoms with van der Waals surface area (Å²) >= 11 is 0. The lowest BCUT2D eigenvalue weighted by Crippen LogP contribution is -2.40. The fourth-order valence-corrected chi connectivity index (χ4v) is 3.95. The number of carbonyl (C=O) groups is 1. The summed E-state index contributed by atoms with van der Waals surface area (Å²) < 4.78 is 28.0. The Morgan fingerprint density at radius 1 is 1.33 bits per heavy atom. The standard InChI is InChI=1S/C22H18F2N4O2/c1-11-15-8-14(23)3-4-17(15)28-20(29)18(11)22(5-6-22)21(30)27-12(2)19-16(24)7-13(9-25)10-26-19/h3-4,7-8,10,12H,5-6H2,1-2H3,(H,27,30)(H,28,29)/t12-/m0/s1. The number of aromatic amines is 1. The van der Waals surface area contributed by atoms with Crippen molar-refractivity contribution in [3.63, 3.8) is 0 Å². The summed E-state index contributed by atoms with van der Waals surface area (Å²) in [6.07, 6.45) is 2.15. The maximum atomic E-state index is 14.3. The Kier molecular flexibility index (Phi) is 4.61. The highest BCUT2D eigenvalue weighted by molar-refractivity contribution is 5.94. The van der Waals surface area contributed by atoms with Gasteiger partial charge in [-0.2, -0.15) is 5.26 Å². The van der Waals surface area contributed by atoms with Crippen molar-refractivity contribution in [3.05, 3.63) is 74.8 Å². The number of pyridine rings is 2. The lowest BCUT2D eigenvalue weighted by Gasteiger charge is -2.21. The van der Waals surface area contributed by atoms with Crippen molar-refractivity contribution < 1.29 is 13.6 Å². The zero-order valence-electron chi connectivity index (χ0n) is 16.3. The minimum Gasteiger partial charge on any atom is -0.347 e. The Hall–Kier alpha value is -3.60. The molecule has 6 nitrogen and oxygen atoms in total. The molecule has 0 spiro atoms. The predicted molar refractivity (Wildman–Crippen MR) is 106 cm³/mol. The minimum absolute atomic E-state index is 0.00404. The summed E-state index contributed by atoms with van der Waals surface area (Å²) in [6.45, 7) is 3.28. The SMILES string of the molecule is Cc1c(C2(C(=O)N[C@@H](C)c3ncc(C#N)cc3F)CC2)c(=O)[nH]c2ccc(F)cc12. The molecule has 0 bridgehead atoms. The number of H-pyrrole nitrogens is 1. The van der Waals surface area contributed by atoms with Crippen molar-refractivity contribution in [1.29, 1.82) is 5.26 Å². The molecule has 0 unspecified atom stereocenters. The van der Waals surface area contributed by atoms with Crippen LogP contribution in [0.2, 0.25) is 0 Å². The topological polar surface area (TPSA) is 98.6 Å². The quantitative estimate of drug-likeness (QED) is 0.692. The third-order valence-corrected chi connectivity index (χ3v) is 5.66. The molecule has 152 valence electrons. The number of aryl methyl sites for hydroxylation is 1. The summed E-state index contributed by atoms with van der Waals surface area (Å²) in [4.78, 5) is 32.6. The third kappa shape index (κ3) is 3.12. The lowest BCUT2D eigenvalue weighted by molar-refractivity contribution is -0.124. The Morgan fingerprint density at radius 2 is 2.07 bits per heavy atom. The molecule has 3 aromatic rings. The van der Waals surface area contributed by atoms with E-state index in [1.165, 1.54) is 24.4 Å². The first-order valence-corrected chi connectivity index (χ1v) is 9.46. The molecule has 2 heterocycles. The van der Waals surface area contributed by atoms with Crippen molar-refractivity contribution in [1.82, 2.24) is 15.3 Å². The van der Waals surface area contributed by atoms with E-state index in [1.54, 1.807) is 19.9 Å². The van der Waals surface area contributed by atoms with E-state index in [2.05, 4.69) is 15.3 Å². The smallest absolute Gasteiger partial charge is 0.252 e. The van der Waals surface area contributed by atoms with Crippen LogP contribution >= 0.6 is 0 Å². The van der Waals surface area contributed by atoms with Crippen molar-refractivity contribution >= 4 is 16.8 Å². The summed E-state index contributed by atoms with van der Waals surface area (Å²) in [5, 5.41) is 12.1. The first-order valence-electron chi connectivity index (χ1n) is 9.46. The molecule has 1 aromatic carbocycles. The number of amides is 1. The molecule has 0 aliphatic heterocycles. The molecule has 1 saturated carbocycles. The van der Waals surface area contributed by atoms with Crippen LogP contribution in [0.4, 0.5) is 8.78 Å². The number of benzene rings is 1. The van der Waals surface area contributed by atoms with Gasteiger partial charge in [0.2, 0.25) is 5.91 Å². The molecule has 30 heavy (non-hydrogen) atoms. The number of fused-ring (bicyclic) bond motifs is 1. The molecular formula is C22H18F2N4O2. The molecule has 1 aliphatic carbocycles. The first-order chi connectivity index (χ1) is 14.3. The maximum Gasteiger partial charge on any atom is 0.252 e. The van der Waals surface area contributed by atoms with Gasteiger partial charge < -0.3 is 10.3 Å². The Bertz CT molecular complexity index is 1290. The fraction of sp³-hybridized carbons (Fsp3) is 0.273. The Balaban J connectivity index is 1.69. The van der Waals surface area contributed by atoms with Gasteiger partial charge in [0.1, 0.15) is 17.7 Å². The van der Waals surface area contributed by atoms with Gasteiger partial charge in [-0.3, -0.25) is 14.6 Å². The van der Waals surface area contributed by atoms with Crippen molar-refractivity contribution in [2.75, 3.05) is 0 Å². The maximum absolute atomic E-state index is 14.3. The molecule has 0 saturated heterocycles. The highest BCUT2D eigenvalue weighted by atomic mass is 19.1. The van der Waals surface area contributed by atoms with Gasteiger partial charge in [-0.15, -0.1) is 0 Å². The molecule has 4 rings (SSSR count). The zero-order valence-corrected chi connectivity index (χ0v) is 16.3. The summed E-state index contributed by atoms with van der Waals surface area (Å²) in [5.74, 6) is -1.54. The molecule has 1 aliphatic rings. The number of nitrogens with one attached hydrogen (secondary N) is 2. The van der Waals surface area contributed by atoms with Crippen LogP contribution in [0.5, 0.6) is 0 Å². The number of rotatable bonds is 4. The van der Waals surface area contributed by atoms with Crippen LogP contribution in [0.15, 0.2) is 35.3 Å². The summed E-state index contributed by atoms with van der Waals surface area (Å²) in [6, 6.07) is 6.18. The number of nitrogens with zero attached hydrogens (tertiary/aromatic N) is 2. The molecule has 1 atom stereocenters. The number of hydrogen-bond donors (Lipinski definition) is 2. The average Bonchev–Trinajstić information content (AvgIpc) is 3.50. The van der Waals surface area contributed by atoms with Gasteiger partial charge in [0.25, 0.3) is 5.56 Å². The van der Waals surface area contributed by atoms with Gasteiger partial charge in [0, 0.05) is 22.7 Å². The van der Waals surface area contributed by atoms with Gasteiger partial charge in [-0.1, -0.05) is 0 Å². The number of halogens is 2. The number of aromatic nitrogens is 2. The molecule has 0 radical (unpaired) electrons. The minimum atomic E-state index is -1.05. The van der Waals surface area contributed by atoms with E-state index in [4.69, 9.17) is 5.26 Å². The summed E-state index contributed by atoms with van der Waals surface area (Å²) in [5.41, 5.74) is -0.000923. The third-order valence-electron chi connectivity index (χ3n) is 5.66. The molecule has 8 heteroatoms. The second-order valence-electron chi connectivity index (χ2n) is 7.62. The highest BCUT2D eigenvalue weighted by Gasteiger charge is 2.54. The fourth-order valence-electron chi connectivity index (χ4n) is 3.95. The van der Waals surface area contributed by atoms with Crippen LogP contribution in [0.3, 0.4) is 0 Å². The molecule has 2 N–H and O–H groups in total. The lowest BCUT2D eigenvalue weighted by atomic mass is 9.90. The van der Waals surface area contributed by atoms with Gasteiger partial charge in [0.05, 0.1) is 22.7 Å². The van der Waals surface area contributed by atoms with E-state index in [-0.39, 0.29) is 11.3 Å². The van der Waals surface area contributed by atoms with E-state index < -0.39 is 34.6 Å². The van der Waals surface area contributed by atoms with Crippen molar-refractivity contribution in [3.8, 4) is 6.07 Å². The van der Waals surface area contributed by atoms with Crippen LogP contribution in [0, 0.1) is 29.9 Å². The molecule has 2 aromatic heterocycles. The van der Waals surface area contributed by atoms with Gasteiger partial charge >= 0.3 is 0 Å².